The molecule has 1 atom stereocenters. The standard InChI is InChI=1S/C24H29N3O4/c1-2-3-11-20(26-23(28)19-10-7-12-21-22(19)31-16-30-21)24(29)25-17-8-6-9-18(15-17)27-13-4-5-14-27/h6-10,12,15,20H,2-5,11,13-14,16H2,1H3,(H,25,29)(H,26,28). The smallest absolute Gasteiger partial charge is 0.255 e. The van der Waals surface area contributed by atoms with Crippen molar-refractivity contribution < 1.29 is 19.1 Å². The Morgan fingerprint density at radius 3 is 2.71 bits per heavy atom. The second-order valence-corrected chi connectivity index (χ2v) is 7.94. The summed E-state index contributed by atoms with van der Waals surface area (Å²) in [5.74, 6) is 0.406. The Morgan fingerprint density at radius 1 is 1.10 bits per heavy atom. The normalized spacial score (nSPS) is 15.6. The molecule has 0 radical (unpaired) electrons. The van der Waals surface area contributed by atoms with Crippen molar-refractivity contribution in [3.05, 3.63) is 48.0 Å². The third-order valence-corrected chi connectivity index (χ3v) is 5.69. The van der Waals surface area contributed by atoms with Crippen LogP contribution in [0.1, 0.15) is 49.4 Å². The molecule has 2 heterocycles. The van der Waals surface area contributed by atoms with Crippen molar-refractivity contribution in [2.24, 2.45) is 0 Å². The molecule has 7 nitrogen and oxygen atoms in total. The van der Waals surface area contributed by atoms with Gasteiger partial charge in [-0.2, -0.15) is 0 Å². The number of nitrogens with one attached hydrogen (secondary N) is 2. The Morgan fingerprint density at radius 2 is 1.90 bits per heavy atom. The van der Waals surface area contributed by atoms with E-state index < -0.39 is 6.04 Å². The molecule has 2 aromatic rings. The van der Waals surface area contributed by atoms with Crippen LogP contribution < -0.4 is 25.0 Å². The van der Waals surface area contributed by atoms with Gasteiger partial charge < -0.3 is 25.0 Å². The Hall–Kier alpha value is -3.22. The molecule has 2 N–H and O–H groups in total. The lowest BCUT2D eigenvalue weighted by atomic mass is 10.1. The van der Waals surface area contributed by atoms with Crippen molar-refractivity contribution in [2.75, 3.05) is 30.1 Å². The van der Waals surface area contributed by atoms with Gasteiger partial charge in [-0.3, -0.25) is 9.59 Å². The fraction of sp³-hybridized carbons (Fsp3) is 0.417. The minimum absolute atomic E-state index is 0.0900. The van der Waals surface area contributed by atoms with E-state index in [-0.39, 0.29) is 18.6 Å². The molecule has 2 aromatic carbocycles. The number of amides is 2. The molecular weight excluding hydrogens is 394 g/mol. The largest absolute Gasteiger partial charge is 0.454 e. The van der Waals surface area contributed by atoms with Crippen LogP contribution in [-0.2, 0) is 4.79 Å². The highest BCUT2D eigenvalue weighted by Gasteiger charge is 2.26. The molecule has 31 heavy (non-hydrogen) atoms. The van der Waals surface area contributed by atoms with Crippen LogP contribution in [0.15, 0.2) is 42.5 Å². The number of nitrogens with zero attached hydrogens (tertiary/aromatic N) is 1. The number of fused-ring (bicyclic) bond motifs is 1. The van der Waals surface area contributed by atoms with Crippen molar-refractivity contribution >= 4 is 23.2 Å². The molecule has 0 spiro atoms. The van der Waals surface area contributed by atoms with Crippen LogP contribution in [0.5, 0.6) is 11.5 Å². The molecule has 1 saturated heterocycles. The fourth-order valence-corrected chi connectivity index (χ4v) is 4.01. The molecule has 4 rings (SSSR count). The van der Waals surface area contributed by atoms with Crippen LogP contribution in [0.25, 0.3) is 0 Å². The van der Waals surface area contributed by atoms with Crippen LogP contribution in [0, 0.1) is 0 Å². The molecule has 2 amide bonds. The number of anilines is 2. The minimum Gasteiger partial charge on any atom is -0.454 e. The fourth-order valence-electron chi connectivity index (χ4n) is 4.01. The monoisotopic (exact) mass is 423 g/mol. The predicted octanol–water partition coefficient (Wildman–Crippen LogP) is 3.94. The van der Waals surface area contributed by atoms with E-state index in [4.69, 9.17) is 9.47 Å². The molecule has 0 aliphatic carbocycles. The summed E-state index contributed by atoms with van der Waals surface area (Å²) in [4.78, 5) is 28.3. The Kier molecular flexibility index (Phi) is 6.60. The highest BCUT2D eigenvalue weighted by molar-refractivity contribution is 6.03. The third-order valence-electron chi connectivity index (χ3n) is 5.69. The Labute approximate surface area is 182 Å². The van der Waals surface area contributed by atoms with E-state index in [0.29, 0.717) is 23.5 Å². The number of unbranched alkanes of at least 4 members (excludes halogenated alkanes) is 1. The van der Waals surface area contributed by atoms with E-state index >= 15 is 0 Å². The number of benzene rings is 2. The zero-order valence-electron chi connectivity index (χ0n) is 17.9. The van der Waals surface area contributed by atoms with Crippen LogP contribution in [0.4, 0.5) is 11.4 Å². The highest BCUT2D eigenvalue weighted by Crippen LogP contribution is 2.35. The minimum atomic E-state index is -0.638. The lowest BCUT2D eigenvalue weighted by Gasteiger charge is -2.21. The summed E-state index contributed by atoms with van der Waals surface area (Å²) in [6.07, 6.45) is 4.71. The first kappa shape index (κ1) is 21.0. The summed E-state index contributed by atoms with van der Waals surface area (Å²) < 4.78 is 10.8. The zero-order valence-corrected chi connectivity index (χ0v) is 17.9. The molecule has 0 saturated carbocycles. The highest BCUT2D eigenvalue weighted by atomic mass is 16.7. The van der Waals surface area contributed by atoms with Crippen molar-refractivity contribution in [2.45, 2.75) is 45.1 Å². The van der Waals surface area contributed by atoms with Gasteiger partial charge in [0.05, 0.1) is 5.56 Å². The number of ether oxygens (including phenoxy) is 2. The molecule has 0 aromatic heterocycles. The van der Waals surface area contributed by atoms with Gasteiger partial charge in [0.15, 0.2) is 11.5 Å². The SMILES string of the molecule is CCCCC(NC(=O)c1cccc2c1OCO2)C(=O)Nc1cccc(N2CCCC2)c1. The van der Waals surface area contributed by atoms with Gasteiger partial charge in [0.2, 0.25) is 12.7 Å². The number of para-hydroxylation sites is 1. The van der Waals surface area contributed by atoms with Gasteiger partial charge in [0, 0.05) is 24.5 Å². The second kappa shape index (κ2) is 9.73. The van der Waals surface area contributed by atoms with Gasteiger partial charge in [-0.15, -0.1) is 0 Å². The summed E-state index contributed by atoms with van der Waals surface area (Å²) in [6, 6.07) is 12.4. The van der Waals surface area contributed by atoms with Gasteiger partial charge in [0.1, 0.15) is 6.04 Å². The zero-order chi connectivity index (χ0) is 21.6. The van der Waals surface area contributed by atoms with E-state index in [1.54, 1.807) is 18.2 Å². The molecule has 2 aliphatic heterocycles. The maximum atomic E-state index is 13.1. The van der Waals surface area contributed by atoms with Gasteiger partial charge in [-0.1, -0.05) is 31.9 Å². The van der Waals surface area contributed by atoms with Gasteiger partial charge in [-0.05, 0) is 49.6 Å². The number of carbonyl (C=O) groups is 2. The van der Waals surface area contributed by atoms with E-state index in [0.717, 1.165) is 37.3 Å². The second-order valence-electron chi connectivity index (χ2n) is 7.94. The summed E-state index contributed by atoms with van der Waals surface area (Å²) in [5.41, 5.74) is 2.23. The van der Waals surface area contributed by atoms with Crippen molar-refractivity contribution in [1.29, 1.82) is 0 Å². The predicted molar refractivity (Wildman–Crippen MR) is 120 cm³/mol. The molecule has 1 fully saturated rings. The molecule has 1 unspecified atom stereocenters. The number of hydrogen-bond acceptors (Lipinski definition) is 5. The average molecular weight is 424 g/mol. The summed E-state index contributed by atoms with van der Waals surface area (Å²) in [6.45, 7) is 4.23. The van der Waals surface area contributed by atoms with Gasteiger partial charge in [0.25, 0.3) is 5.91 Å². The van der Waals surface area contributed by atoms with Crippen molar-refractivity contribution in [1.82, 2.24) is 5.32 Å². The van der Waals surface area contributed by atoms with E-state index in [1.165, 1.54) is 12.8 Å². The summed E-state index contributed by atoms with van der Waals surface area (Å²) >= 11 is 0. The number of carbonyl (C=O) groups excluding carboxylic acids is 2. The van der Waals surface area contributed by atoms with E-state index in [2.05, 4.69) is 28.5 Å². The first-order valence-corrected chi connectivity index (χ1v) is 11.0. The molecule has 2 aliphatic rings. The lowest BCUT2D eigenvalue weighted by Crippen LogP contribution is -2.43. The Balaban J connectivity index is 1.46. The third kappa shape index (κ3) is 4.93. The maximum Gasteiger partial charge on any atom is 0.255 e. The van der Waals surface area contributed by atoms with Gasteiger partial charge >= 0.3 is 0 Å². The topological polar surface area (TPSA) is 79.9 Å². The number of rotatable bonds is 8. The molecular formula is C24H29N3O4. The maximum absolute atomic E-state index is 13.1. The van der Waals surface area contributed by atoms with E-state index in [9.17, 15) is 9.59 Å². The van der Waals surface area contributed by atoms with E-state index in [1.807, 2.05) is 18.2 Å². The lowest BCUT2D eigenvalue weighted by molar-refractivity contribution is -0.118. The Bertz CT molecular complexity index is 940. The first-order chi connectivity index (χ1) is 15.2. The first-order valence-electron chi connectivity index (χ1n) is 11.0. The quantitative estimate of drug-likeness (QED) is 0.672. The molecule has 164 valence electrons. The summed E-state index contributed by atoms with van der Waals surface area (Å²) in [7, 11) is 0. The average Bonchev–Trinajstić information content (AvgIpc) is 3.48. The van der Waals surface area contributed by atoms with Crippen LogP contribution in [0.3, 0.4) is 0 Å². The van der Waals surface area contributed by atoms with Gasteiger partial charge in [-0.25, -0.2) is 0 Å². The van der Waals surface area contributed by atoms with Crippen molar-refractivity contribution in [3.63, 3.8) is 0 Å². The van der Waals surface area contributed by atoms with Crippen LogP contribution >= 0.6 is 0 Å². The summed E-state index contributed by atoms with van der Waals surface area (Å²) in [5, 5.41) is 5.88. The molecule has 7 heteroatoms. The van der Waals surface area contributed by atoms with Crippen LogP contribution in [-0.4, -0.2) is 37.7 Å². The molecule has 0 bridgehead atoms. The van der Waals surface area contributed by atoms with Crippen LogP contribution in [0.2, 0.25) is 0 Å². The number of hydrogen-bond donors (Lipinski definition) is 2. The van der Waals surface area contributed by atoms with Crippen molar-refractivity contribution in [3.8, 4) is 11.5 Å².